The average Bonchev–Trinajstić information content (AvgIpc) is 3.34. The molecule has 0 saturated carbocycles. The van der Waals surface area contributed by atoms with Crippen molar-refractivity contribution in [3.05, 3.63) is 216 Å². The molecule has 2 amide bonds. The summed E-state index contributed by atoms with van der Waals surface area (Å²) in [6.45, 7) is 0.231. The van der Waals surface area contributed by atoms with Gasteiger partial charge in [-0.25, -0.2) is 0 Å². The van der Waals surface area contributed by atoms with E-state index in [0.717, 1.165) is 11.1 Å². The molecule has 0 aliphatic carbocycles. The number of ether oxygens (including phenoxy) is 4. The maximum atomic E-state index is 12.6. The zero-order valence-electron chi connectivity index (χ0n) is 35.8. The van der Waals surface area contributed by atoms with Gasteiger partial charge in [0.1, 0.15) is 46.0 Å². The third-order valence-electron chi connectivity index (χ3n) is 9.81. The van der Waals surface area contributed by atoms with Gasteiger partial charge in [0.2, 0.25) is 0 Å². The van der Waals surface area contributed by atoms with E-state index in [4.69, 9.17) is 40.6 Å². The van der Waals surface area contributed by atoms with Gasteiger partial charge in [0, 0.05) is 47.1 Å². The predicted molar refractivity (Wildman–Crippen MR) is 258 cm³/mol. The standard InChI is InChI=1S/C29H27NO5.C25H21N3O3/c31-19-17-21-1-9-25(10-2-21)34-27-13-5-23(6-14-27)29(33)30-24-7-15-28(16-8-24)35-26-11-3-22(4-12-26)18-20-32;26-18-3-11-22(12-4-18)30-21-9-1-17(2-10-21)25(29)28-20-7-15-24(16-8-20)31-23-13-5-19(27)6-14-23/h1-16,31-32H,17-20H2,(H,30,33);1-16H,26-27H2,(H,28,29). The number of hydrogen-bond donors (Lipinski definition) is 6. The van der Waals surface area contributed by atoms with Crippen LogP contribution in [0.4, 0.5) is 22.7 Å². The van der Waals surface area contributed by atoms with Gasteiger partial charge < -0.3 is 51.3 Å². The van der Waals surface area contributed by atoms with Crippen molar-refractivity contribution in [2.24, 2.45) is 0 Å². The van der Waals surface area contributed by atoms with Gasteiger partial charge in [-0.3, -0.25) is 9.59 Å². The van der Waals surface area contributed by atoms with Gasteiger partial charge in [0.15, 0.2) is 0 Å². The van der Waals surface area contributed by atoms with E-state index >= 15 is 0 Å². The molecule has 8 rings (SSSR count). The average molecular weight is 881 g/mol. The number of nitrogens with one attached hydrogen (secondary N) is 2. The lowest BCUT2D eigenvalue weighted by Gasteiger charge is -2.10. The van der Waals surface area contributed by atoms with Crippen LogP contribution in [0.25, 0.3) is 0 Å². The molecule has 12 nitrogen and oxygen atoms in total. The van der Waals surface area contributed by atoms with Gasteiger partial charge in [0.05, 0.1) is 0 Å². The summed E-state index contributed by atoms with van der Waals surface area (Å²) in [4.78, 5) is 25.1. The molecular weight excluding hydrogens is 833 g/mol. The van der Waals surface area contributed by atoms with Crippen LogP contribution in [-0.4, -0.2) is 35.2 Å². The monoisotopic (exact) mass is 880 g/mol. The SMILES string of the molecule is Nc1ccc(Oc2ccc(NC(=O)c3ccc(Oc4ccc(N)cc4)cc3)cc2)cc1.O=C(Nc1ccc(Oc2ccc(CCO)cc2)cc1)c1ccc(Oc2ccc(CCO)cc2)cc1. The number of rotatable bonds is 16. The van der Waals surface area contributed by atoms with Gasteiger partial charge in [0.25, 0.3) is 11.8 Å². The Morgan fingerprint density at radius 3 is 0.833 bits per heavy atom. The highest BCUT2D eigenvalue weighted by Gasteiger charge is 2.10. The summed E-state index contributed by atoms with van der Waals surface area (Å²) in [7, 11) is 0. The Hall–Kier alpha value is -8.58. The first-order valence-electron chi connectivity index (χ1n) is 21.0. The van der Waals surface area contributed by atoms with Crippen LogP contribution in [0.1, 0.15) is 31.8 Å². The number of nitrogens with two attached hydrogens (primary N) is 2. The van der Waals surface area contributed by atoms with Crippen LogP contribution in [0.3, 0.4) is 0 Å². The summed E-state index contributed by atoms with van der Waals surface area (Å²) in [5.74, 6) is 4.88. The lowest BCUT2D eigenvalue weighted by Crippen LogP contribution is -2.11. The Balaban J connectivity index is 0.000000198. The van der Waals surface area contributed by atoms with E-state index in [1.54, 1.807) is 146 Å². The van der Waals surface area contributed by atoms with Crippen molar-refractivity contribution in [3.63, 3.8) is 0 Å². The second kappa shape index (κ2) is 22.7. The Morgan fingerprint density at radius 2 is 0.576 bits per heavy atom. The molecule has 332 valence electrons. The van der Waals surface area contributed by atoms with Gasteiger partial charge in [-0.15, -0.1) is 0 Å². The molecule has 8 aromatic rings. The molecule has 0 bridgehead atoms. The Kier molecular flexibility index (Phi) is 15.6. The fraction of sp³-hybridized carbons (Fsp3) is 0.0741. The third kappa shape index (κ3) is 13.7. The van der Waals surface area contributed by atoms with E-state index in [-0.39, 0.29) is 25.0 Å². The topological polar surface area (TPSA) is 188 Å². The van der Waals surface area contributed by atoms with Crippen LogP contribution in [0, 0.1) is 0 Å². The van der Waals surface area contributed by atoms with E-state index in [1.165, 1.54) is 0 Å². The second-order valence-corrected chi connectivity index (χ2v) is 14.8. The van der Waals surface area contributed by atoms with Crippen LogP contribution in [0.2, 0.25) is 0 Å². The summed E-state index contributed by atoms with van der Waals surface area (Å²) in [5.41, 5.74) is 17.1. The van der Waals surface area contributed by atoms with Gasteiger partial charge in [-0.05, 0) is 194 Å². The minimum absolute atomic E-state index is 0.114. The number of carbonyl (C=O) groups is 2. The molecular formula is C54H48N4O8. The highest BCUT2D eigenvalue weighted by Crippen LogP contribution is 2.28. The first-order valence-corrected chi connectivity index (χ1v) is 21.0. The van der Waals surface area contributed by atoms with Gasteiger partial charge in [-0.1, -0.05) is 24.3 Å². The lowest BCUT2D eigenvalue weighted by atomic mass is 10.1. The lowest BCUT2D eigenvalue weighted by molar-refractivity contribution is 0.101. The normalized spacial score (nSPS) is 10.5. The molecule has 8 N–H and O–H groups in total. The van der Waals surface area contributed by atoms with Crippen LogP contribution in [0.15, 0.2) is 194 Å². The van der Waals surface area contributed by atoms with Crippen molar-refractivity contribution in [1.82, 2.24) is 0 Å². The number of amides is 2. The number of carbonyl (C=O) groups excluding carboxylic acids is 2. The summed E-state index contributed by atoms with van der Waals surface area (Å²) >= 11 is 0. The molecule has 0 heterocycles. The number of nitrogen functional groups attached to an aromatic ring is 2. The second-order valence-electron chi connectivity index (χ2n) is 14.8. The summed E-state index contributed by atoms with van der Waals surface area (Å²) < 4.78 is 23.2. The smallest absolute Gasteiger partial charge is 0.255 e. The minimum atomic E-state index is -0.224. The van der Waals surface area contributed by atoms with Gasteiger partial charge in [-0.2, -0.15) is 0 Å². The summed E-state index contributed by atoms with van der Waals surface area (Å²) in [6, 6.07) is 57.5. The summed E-state index contributed by atoms with van der Waals surface area (Å²) in [5, 5.41) is 23.7. The molecule has 0 aromatic heterocycles. The molecule has 8 aromatic carbocycles. The van der Waals surface area contributed by atoms with Gasteiger partial charge >= 0.3 is 0 Å². The number of hydrogen-bond acceptors (Lipinski definition) is 10. The van der Waals surface area contributed by atoms with Crippen molar-refractivity contribution in [2.45, 2.75) is 12.8 Å². The maximum Gasteiger partial charge on any atom is 0.255 e. The largest absolute Gasteiger partial charge is 0.457 e. The highest BCUT2D eigenvalue weighted by molar-refractivity contribution is 6.05. The molecule has 0 atom stereocenters. The Labute approximate surface area is 382 Å². The fourth-order valence-corrected chi connectivity index (χ4v) is 6.29. The van der Waals surface area contributed by atoms with E-state index in [9.17, 15) is 9.59 Å². The molecule has 0 aliphatic rings. The molecule has 0 aliphatic heterocycles. The molecule has 12 heteroatoms. The molecule has 0 unspecified atom stereocenters. The molecule has 0 fully saturated rings. The Bertz CT molecular complexity index is 2770. The molecule has 0 radical (unpaired) electrons. The molecule has 66 heavy (non-hydrogen) atoms. The van der Waals surface area contributed by atoms with E-state index in [1.807, 2.05) is 48.5 Å². The maximum absolute atomic E-state index is 12.6. The first kappa shape index (κ1) is 45.4. The van der Waals surface area contributed by atoms with Crippen molar-refractivity contribution < 1.29 is 38.7 Å². The minimum Gasteiger partial charge on any atom is -0.457 e. The van der Waals surface area contributed by atoms with Crippen molar-refractivity contribution in [2.75, 3.05) is 35.3 Å². The number of aliphatic hydroxyl groups is 2. The highest BCUT2D eigenvalue weighted by atomic mass is 16.5. The molecule has 0 saturated heterocycles. The summed E-state index contributed by atoms with van der Waals surface area (Å²) in [6.07, 6.45) is 1.23. The Morgan fingerprint density at radius 1 is 0.348 bits per heavy atom. The predicted octanol–water partition coefficient (Wildman–Crippen LogP) is 11.3. The quantitative estimate of drug-likeness (QED) is 0.0510. The van der Waals surface area contributed by atoms with Crippen molar-refractivity contribution in [3.8, 4) is 46.0 Å². The van der Waals surface area contributed by atoms with Crippen molar-refractivity contribution in [1.29, 1.82) is 0 Å². The van der Waals surface area contributed by atoms with E-state index in [2.05, 4.69) is 10.6 Å². The van der Waals surface area contributed by atoms with Crippen LogP contribution in [0.5, 0.6) is 46.0 Å². The zero-order chi connectivity index (χ0) is 46.1. The molecule has 0 spiro atoms. The number of aliphatic hydroxyl groups excluding tert-OH is 2. The van der Waals surface area contributed by atoms with Crippen LogP contribution >= 0.6 is 0 Å². The van der Waals surface area contributed by atoms with Crippen LogP contribution < -0.4 is 41.0 Å². The number of anilines is 4. The third-order valence-corrected chi connectivity index (χ3v) is 9.81. The van der Waals surface area contributed by atoms with E-state index < -0.39 is 0 Å². The van der Waals surface area contributed by atoms with Crippen molar-refractivity contribution >= 4 is 34.6 Å². The fourth-order valence-electron chi connectivity index (χ4n) is 6.29. The zero-order valence-corrected chi connectivity index (χ0v) is 35.8. The van der Waals surface area contributed by atoms with Crippen LogP contribution in [-0.2, 0) is 12.8 Å². The van der Waals surface area contributed by atoms with E-state index in [0.29, 0.717) is 92.7 Å². The first-order chi connectivity index (χ1) is 32.2. The number of benzene rings is 8.